The molecule has 1 aromatic carbocycles. The van der Waals surface area contributed by atoms with Gasteiger partial charge in [-0.15, -0.1) is 0 Å². The number of unbranched alkanes of at least 4 members (excludes halogenated alkanes) is 1. The number of rotatable bonds is 8. The zero-order chi connectivity index (χ0) is 17.2. The van der Waals surface area contributed by atoms with Crippen molar-refractivity contribution >= 4 is 11.6 Å². The van der Waals surface area contributed by atoms with Gasteiger partial charge in [0.1, 0.15) is 5.75 Å². The van der Waals surface area contributed by atoms with Crippen molar-refractivity contribution in [3.05, 3.63) is 24.3 Å². The fraction of sp³-hybridized carbons (Fsp3) is 0.611. The molecule has 1 saturated heterocycles. The molecule has 1 aliphatic rings. The summed E-state index contributed by atoms with van der Waals surface area (Å²) >= 11 is 0. The molecule has 24 heavy (non-hydrogen) atoms. The summed E-state index contributed by atoms with van der Waals surface area (Å²) in [7, 11) is 1.65. The molecule has 0 spiro atoms. The Bertz CT molecular complexity index is 495. The monoisotopic (exact) mass is 333 g/mol. The Balaban J connectivity index is 1.59. The quantitative estimate of drug-likeness (QED) is 0.432. The number of guanidine groups is 1. The first-order chi connectivity index (χ1) is 11.7. The molecule has 0 radical (unpaired) electrons. The third-order valence-corrected chi connectivity index (χ3v) is 4.44. The van der Waals surface area contributed by atoms with E-state index < -0.39 is 0 Å². The average Bonchev–Trinajstić information content (AvgIpc) is 2.62. The number of likely N-dealkylation sites (N-methyl/N-ethyl adjacent to an activating group) is 1. The molecule has 0 aromatic heterocycles. The molecule has 6 nitrogen and oxygen atoms in total. The maximum atomic E-state index is 5.92. The van der Waals surface area contributed by atoms with Crippen molar-refractivity contribution in [1.82, 2.24) is 9.80 Å². The van der Waals surface area contributed by atoms with Crippen molar-refractivity contribution in [3.8, 4) is 5.75 Å². The van der Waals surface area contributed by atoms with Crippen molar-refractivity contribution in [2.45, 2.75) is 19.8 Å². The number of nitrogens with one attached hydrogen (secondary N) is 1. The van der Waals surface area contributed by atoms with Gasteiger partial charge in [-0.05, 0) is 50.2 Å². The lowest BCUT2D eigenvalue weighted by atomic mass is 10.2. The third kappa shape index (κ3) is 6.37. The summed E-state index contributed by atoms with van der Waals surface area (Å²) in [5.74, 6) is 1.30. The van der Waals surface area contributed by atoms with E-state index in [9.17, 15) is 0 Å². The third-order valence-electron chi connectivity index (χ3n) is 4.44. The van der Waals surface area contributed by atoms with E-state index >= 15 is 0 Å². The molecule has 0 amide bonds. The minimum atomic E-state index is 0.469. The smallest absolute Gasteiger partial charge is 0.193 e. The summed E-state index contributed by atoms with van der Waals surface area (Å²) in [6.45, 7) is 10.1. The highest BCUT2D eigenvalue weighted by molar-refractivity contribution is 5.92. The van der Waals surface area contributed by atoms with E-state index in [1.807, 2.05) is 24.3 Å². The highest BCUT2D eigenvalue weighted by Gasteiger charge is 2.14. The number of nitrogens with zero attached hydrogens (tertiary/aromatic N) is 3. The minimum absolute atomic E-state index is 0.469. The van der Waals surface area contributed by atoms with Gasteiger partial charge in [-0.2, -0.15) is 0 Å². The highest BCUT2D eigenvalue weighted by Crippen LogP contribution is 2.14. The number of anilines is 1. The van der Waals surface area contributed by atoms with E-state index in [1.54, 1.807) is 7.11 Å². The molecule has 0 saturated carbocycles. The Morgan fingerprint density at radius 1 is 1.12 bits per heavy atom. The topological polar surface area (TPSA) is 66.1 Å². The van der Waals surface area contributed by atoms with Gasteiger partial charge < -0.3 is 25.6 Å². The minimum Gasteiger partial charge on any atom is -0.497 e. The summed E-state index contributed by atoms with van der Waals surface area (Å²) in [5, 5.41) is 3.10. The van der Waals surface area contributed by atoms with Crippen molar-refractivity contribution in [1.29, 1.82) is 0 Å². The van der Waals surface area contributed by atoms with Crippen LogP contribution >= 0.6 is 0 Å². The Kier molecular flexibility index (Phi) is 7.85. The van der Waals surface area contributed by atoms with E-state index in [0.717, 1.165) is 24.4 Å². The lowest BCUT2D eigenvalue weighted by molar-refractivity contribution is 0.136. The fourth-order valence-electron chi connectivity index (χ4n) is 2.84. The van der Waals surface area contributed by atoms with Crippen LogP contribution in [0, 0.1) is 0 Å². The van der Waals surface area contributed by atoms with Crippen molar-refractivity contribution in [3.63, 3.8) is 0 Å². The van der Waals surface area contributed by atoms with Crippen molar-refractivity contribution in [2.75, 3.05) is 58.2 Å². The molecule has 3 N–H and O–H groups in total. The molecule has 1 aromatic rings. The second-order valence-corrected chi connectivity index (χ2v) is 6.10. The zero-order valence-corrected chi connectivity index (χ0v) is 15.0. The van der Waals surface area contributed by atoms with Gasteiger partial charge in [0.05, 0.1) is 7.11 Å². The summed E-state index contributed by atoms with van der Waals surface area (Å²) in [5.41, 5.74) is 6.85. The van der Waals surface area contributed by atoms with E-state index in [0.29, 0.717) is 5.96 Å². The lowest BCUT2D eigenvalue weighted by Gasteiger charge is -2.33. The standard InChI is InChI=1S/C18H31N5O/c1-3-22-12-14-23(15-13-22)11-5-4-10-20-18(19)21-16-6-8-17(24-2)9-7-16/h6-9H,3-5,10-15H2,1-2H3,(H3,19,20,21). The largest absolute Gasteiger partial charge is 0.497 e. The molecule has 6 heteroatoms. The number of methoxy groups -OCH3 is 1. The Labute approximate surface area is 145 Å². The Morgan fingerprint density at radius 2 is 1.79 bits per heavy atom. The van der Waals surface area contributed by atoms with Crippen LogP contribution in [0.4, 0.5) is 5.69 Å². The average molecular weight is 333 g/mol. The summed E-state index contributed by atoms with van der Waals surface area (Å²) in [6.07, 6.45) is 2.24. The van der Waals surface area contributed by atoms with E-state index in [1.165, 1.54) is 45.7 Å². The molecule has 0 aliphatic carbocycles. The van der Waals surface area contributed by atoms with Gasteiger partial charge in [-0.1, -0.05) is 6.92 Å². The number of nitrogens with two attached hydrogens (primary N) is 1. The normalized spacial score (nSPS) is 17.0. The number of hydrogen-bond acceptors (Lipinski definition) is 4. The first kappa shape index (κ1) is 18.5. The van der Waals surface area contributed by atoms with Crippen LogP contribution in [0.5, 0.6) is 5.75 Å². The van der Waals surface area contributed by atoms with Crippen LogP contribution in [0.2, 0.25) is 0 Å². The second-order valence-electron chi connectivity index (χ2n) is 6.10. The molecule has 0 unspecified atom stereocenters. The van der Waals surface area contributed by atoms with Crippen LogP contribution < -0.4 is 15.8 Å². The van der Waals surface area contributed by atoms with Crippen molar-refractivity contribution < 1.29 is 4.74 Å². The highest BCUT2D eigenvalue weighted by atomic mass is 16.5. The van der Waals surface area contributed by atoms with Crippen LogP contribution in [0.25, 0.3) is 0 Å². The van der Waals surface area contributed by atoms with Crippen LogP contribution in [-0.2, 0) is 0 Å². The van der Waals surface area contributed by atoms with Gasteiger partial charge in [-0.25, -0.2) is 0 Å². The zero-order valence-electron chi connectivity index (χ0n) is 15.0. The number of piperazine rings is 1. The second kappa shape index (κ2) is 10.2. The molecule has 0 bridgehead atoms. The van der Waals surface area contributed by atoms with Gasteiger partial charge in [0.15, 0.2) is 5.96 Å². The van der Waals surface area contributed by atoms with Gasteiger partial charge >= 0.3 is 0 Å². The fourth-order valence-corrected chi connectivity index (χ4v) is 2.84. The Morgan fingerprint density at radius 3 is 2.42 bits per heavy atom. The van der Waals surface area contributed by atoms with Gasteiger partial charge in [0, 0.05) is 38.4 Å². The molecular weight excluding hydrogens is 302 g/mol. The molecule has 1 fully saturated rings. The van der Waals surface area contributed by atoms with Crippen LogP contribution in [0.1, 0.15) is 19.8 Å². The van der Waals surface area contributed by atoms with Gasteiger partial charge in [0.25, 0.3) is 0 Å². The molecule has 1 heterocycles. The molecule has 134 valence electrons. The lowest BCUT2D eigenvalue weighted by Crippen LogP contribution is -2.46. The van der Waals surface area contributed by atoms with Gasteiger partial charge in [-0.3, -0.25) is 4.99 Å². The summed E-state index contributed by atoms with van der Waals surface area (Å²) in [6, 6.07) is 7.65. The van der Waals surface area contributed by atoms with E-state index in [-0.39, 0.29) is 0 Å². The number of aliphatic imine (C=N–C) groups is 1. The molecular formula is C18H31N5O. The predicted octanol–water partition coefficient (Wildman–Crippen LogP) is 1.84. The number of hydrogen-bond donors (Lipinski definition) is 2. The number of benzene rings is 1. The first-order valence-electron chi connectivity index (χ1n) is 8.87. The van der Waals surface area contributed by atoms with Crippen LogP contribution in [0.15, 0.2) is 29.3 Å². The predicted molar refractivity (Wildman–Crippen MR) is 101 cm³/mol. The molecule has 2 rings (SSSR count). The number of ether oxygens (including phenoxy) is 1. The first-order valence-corrected chi connectivity index (χ1v) is 8.87. The van der Waals surface area contributed by atoms with Crippen LogP contribution in [-0.4, -0.2) is 68.7 Å². The van der Waals surface area contributed by atoms with Crippen LogP contribution in [0.3, 0.4) is 0 Å². The van der Waals surface area contributed by atoms with Gasteiger partial charge in [0.2, 0.25) is 0 Å². The van der Waals surface area contributed by atoms with E-state index in [2.05, 4.69) is 27.0 Å². The maximum Gasteiger partial charge on any atom is 0.193 e. The summed E-state index contributed by atoms with van der Waals surface area (Å²) in [4.78, 5) is 9.45. The van der Waals surface area contributed by atoms with E-state index in [4.69, 9.17) is 10.5 Å². The summed E-state index contributed by atoms with van der Waals surface area (Å²) < 4.78 is 5.13. The molecule has 1 aliphatic heterocycles. The Hall–Kier alpha value is -1.79. The molecule has 0 atom stereocenters. The van der Waals surface area contributed by atoms with Crippen molar-refractivity contribution in [2.24, 2.45) is 10.7 Å². The maximum absolute atomic E-state index is 5.92. The SMILES string of the molecule is CCN1CCN(CCCCN=C(N)Nc2ccc(OC)cc2)CC1.